The zero-order valence-electron chi connectivity index (χ0n) is 10.7. The summed E-state index contributed by atoms with van der Waals surface area (Å²) in [6, 6.07) is 3.07. The number of thiophene rings is 1. The van der Waals surface area contributed by atoms with Crippen LogP contribution in [0.5, 0.6) is 0 Å². The summed E-state index contributed by atoms with van der Waals surface area (Å²) in [7, 11) is 0. The van der Waals surface area contributed by atoms with Crippen molar-refractivity contribution < 1.29 is 17.6 Å². The highest BCUT2D eigenvalue weighted by Crippen LogP contribution is 2.31. The van der Waals surface area contributed by atoms with Gasteiger partial charge in [0, 0.05) is 13.1 Å². The molecule has 0 spiro atoms. The molecular weight excluding hydrogens is 290 g/mol. The summed E-state index contributed by atoms with van der Waals surface area (Å²) < 4.78 is 50.8. The van der Waals surface area contributed by atoms with Crippen LogP contribution in [0.2, 0.25) is 0 Å². The number of alkyl halides is 3. The average molecular weight is 303 g/mol. The SMILES string of the molecule is Cc1cscc1CNCc1ccc(F)c(C(F)(F)F)c1. The number of rotatable bonds is 4. The zero-order chi connectivity index (χ0) is 14.8. The van der Waals surface area contributed by atoms with Gasteiger partial charge < -0.3 is 5.32 Å². The summed E-state index contributed by atoms with van der Waals surface area (Å²) in [6.07, 6.45) is -4.66. The van der Waals surface area contributed by atoms with Crippen molar-refractivity contribution in [1.29, 1.82) is 0 Å². The number of halogens is 4. The Kier molecular flexibility index (Phi) is 4.45. The van der Waals surface area contributed by atoms with Gasteiger partial charge in [0.15, 0.2) is 0 Å². The van der Waals surface area contributed by atoms with Crippen LogP contribution in [0.3, 0.4) is 0 Å². The topological polar surface area (TPSA) is 12.0 Å². The van der Waals surface area contributed by atoms with Gasteiger partial charge in [-0.2, -0.15) is 24.5 Å². The molecule has 1 nitrogen and oxygen atoms in total. The maximum absolute atomic E-state index is 13.1. The molecule has 1 heterocycles. The molecule has 108 valence electrons. The fourth-order valence-corrected chi connectivity index (χ4v) is 2.67. The summed E-state index contributed by atoms with van der Waals surface area (Å²) in [6.45, 7) is 2.82. The van der Waals surface area contributed by atoms with Crippen molar-refractivity contribution in [2.45, 2.75) is 26.2 Å². The largest absolute Gasteiger partial charge is 0.419 e. The summed E-state index contributed by atoms with van der Waals surface area (Å²) in [5, 5.41) is 7.06. The van der Waals surface area contributed by atoms with Crippen molar-refractivity contribution in [3.8, 4) is 0 Å². The minimum atomic E-state index is -4.66. The van der Waals surface area contributed by atoms with Crippen LogP contribution in [0, 0.1) is 12.7 Å². The third kappa shape index (κ3) is 3.58. The molecule has 0 unspecified atom stereocenters. The van der Waals surface area contributed by atoms with E-state index < -0.39 is 17.6 Å². The first-order valence-corrected chi connectivity index (χ1v) is 6.90. The van der Waals surface area contributed by atoms with E-state index in [1.807, 2.05) is 17.7 Å². The molecule has 0 aliphatic heterocycles. The number of nitrogens with one attached hydrogen (secondary N) is 1. The van der Waals surface area contributed by atoms with Crippen LogP contribution in [0.1, 0.15) is 22.3 Å². The third-order valence-corrected chi connectivity index (χ3v) is 3.85. The van der Waals surface area contributed by atoms with Gasteiger partial charge >= 0.3 is 6.18 Å². The molecule has 1 aromatic carbocycles. The van der Waals surface area contributed by atoms with E-state index in [1.165, 1.54) is 6.07 Å². The number of aryl methyl sites for hydroxylation is 1. The summed E-state index contributed by atoms with van der Waals surface area (Å²) in [4.78, 5) is 0. The molecule has 0 bridgehead atoms. The second-order valence-electron chi connectivity index (χ2n) is 4.50. The van der Waals surface area contributed by atoms with Gasteiger partial charge in [0.1, 0.15) is 5.82 Å². The predicted octanol–water partition coefficient (Wildman–Crippen LogP) is 4.50. The Hall–Kier alpha value is -1.40. The Morgan fingerprint density at radius 2 is 1.90 bits per heavy atom. The van der Waals surface area contributed by atoms with Gasteiger partial charge in [-0.3, -0.25) is 0 Å². The van der Waals surface area contributed by atoms with E-state index >= 15 is 0 Å². The fourth-order valence-electron chi connectivity index (χ4n) is 1.81. The van der Waals surface area contributed by atoms with Crippen LogP contribution >= 0.6 is 11.3 Å². The van der Waals surface area contributed by atoms with E-state index in [4.69, 9.17) is 0 Å². The summed E-state index contributed by atoms with van der Waals surface area (Å²) >= 11 is 1.58. The van der Waals surface area contributed by atoms with Crippen LogP contribution in [0.25, 0.3) is 0 Å². The van der Waals surface area contributed by atoms with Crippen molar-refractivity contribution in [1.82, 2.24) is 5.32 Å². The minimum absolute atomic E-state index is 0.263. The van der Waals surface area contributed by atoms with Gasteiger partial charge in [0.2, 0.25) is 0 Å². The third-order valence-electron chi connectivity index (χ3n) is 2.94. The van der Waals surface area contributed by atoms with E-state index in [0.29, 0.717) is 12.1 Å². The van der Waals surface area contributed by atoms with Gasteiger partial charge in [-0.05, 0) is 46.5 Å². The molecule has 0 saturated heterocycles. The van der Waals surface area contributed by atoms with Gasteiger partial charge in [0.25, 0.3) is 0 Å². The highest BCUT2D eigenvalue weighted by Gasteiger charge is 2.34. The molecule has 6 heteroatoms. The molecule has 0 amide bonds. The molecule has 2 rings (SSSR count). The number of hydrogen-bond acceptors (Lipinski definition) is 2. The second kappa shape index (κ2) is 5.93. The first-order valence-electron chi connectivity index (χ1n) is 5.96. The fraction of sp³-hybridized carbons (Fsp3) is 0.286. The normalized spacial score (nSPS) is 11.8. The van der Waals surface area contributed by atoms with Crippen LogP contribution in [-0.2, 0) is 19.3 Å². The molecule has 1 aromatic heterocycles. The lowest BCUT2D eigenvalue weighted by Crippen LogP contribution is -2.14. The van der Waals surface area contributed by atoms with E-state index in [-0.39, 0.29) is 6.54 Å². The van der Waals surface area contributed by atoms with Crippen LogP contribution in [0.15, 0.2) is 29.0 Å². The molecule has 0 fully saturated rings. The molecule has 20 heavy (non-hydrogen) atoms. The molecule has 0 atom stereocenters. The van der Waals surface area contributed by atoms with Crippen molar-refractivity contribution in [3.63, 3.8) is 0 Å². The van der Waals surface area contributed by atoms with E-state index in [1.54, 1.807) is 11.3 Å². The van der Waals surface area contributed by atoms with E-state index in [2.05, 4.69) is 5.32 Å². The molecule has 0 aliphatic rings. The maximum Gasteiger partial charge on any atom is 0.419 e. The van der Waals surface area contributed by atoms with E-state index in [9.17, 15) is 17.6 Å². The molecular formula is C14H13F4NS. The zero-order valence-corrected chi connectivity index (χ0v) is 11.5. The monoisotopic (exact) mass is 303 g/mol. The van der Waals surface area contributed by atoms with Gasteiger partial charge in [-0.1, -0.05) is 6.07 Å². The van der Waals surface area contributed by atoms with Crippen molar-refractivity contribution >= 4 is 11.3 Å². The highest BCUT2D eigenvalue weighted by molar-refractivity contribution is 7.08. The Labute approximate surface area is 118 Å². The average Bonchev–Trinajstić information content (AvgIpc) is 2.76. The van der Waals surface area contributed by atoms with Crippen LogP contribution in [-0.4, -0.2) is 0 Å². The highest BCUT2D eigenvalue weighted by atomic mass is 32.1. The predicted molar refractivity (Wildman–Crippen MR) is 71.0 cm³/mol. The first kappa shape index (κ1) is 15.0. The minimum Gasteiger partial charge on any atom is -0.309 e. The Balaban J connectivity index is 2.02. The molecule has 0 saturated carbocycles. The maximum atomic E-state index is 13.1. The van der Waals surface area contributed by atoms with E-state index in [0.717, 1.165) is 23.3 Å². The molecule has 1 N–H and O–H groups in total. The second-order valence-corrected chi connectivity index (χ2v) is 5.24. The van der Waals surface area contributed by atoms with Gasteiger partial charge in [-0.25, -0.2) is 4.39 Å². The van der Waals surface area contributed by atoms with Crippen molar-refractivity contribution in [3.05, 3.63) is 57.0 Å². The van der Waals surface area contributed by atoms with Crippen LogP contribution < -0.4 is 5.32 Å². The molecule has 2 aromatic rings. The summed E-state index contributed by atoms with van der Waals surface area (Å²) in [5.41, 5.74) is 1.46. The lowest BCUT2D eigenvalue weighted by molar-refractivity contribution is -0.140. The quantitative estimate of drug-likeness (QED) is 0.820. The number of hydrogen-bond donors (Lipinski definition) is 1. The Morgan fingerprint density at radius 1 is 1.15 bits per heavy atom. The van der Waals surface area contributed by atoms with Crippen molar-refractivity contribution in [2.75, 3.05) is 0 Å². The smallest absolute Gasteiger partial charge is 0.309 e. The Bertz CT molecular complexity index is 589. The van der Waals surface area contributed by atoms with Crippen molar-refractivity contribution in [2.24, 2.45) is 0 Å². The van der Waals surface area contributed by atoms with Gasteiger partial charge in [0.05, 0.1) is 5.56 Å². The lowest BCUT2D eigenvalue weighted by Gasteiger charge is -2.10. The number of benzene rings is 1. The standard InChI is InChI=1S/C14H13F4NS/c1-9-7-20-8-11(9)6-19-5-10-2-3-13(15)12(4-10)14(16,17)18/h2-4,7-8,19H,5-6H2,1H3. The van der Waals surface area contributed by atoms with Crippen LogP contribution in [0.4, 0.5) is 17.6 Å². The first-order chi connectivity index (χ1) is 9.38. The van der Waals surface area contributed by atoms with Gasteiger partial charge in [-0.15, -0.1) is 0 Å². The molecule has 0 aliphatic carbocycles. The summed E-state index contributed by atoms with van der Waals surface area (Å²) in [5.74, 6) is -1.24. The Morgan fingerprint density at radius 3 is 2.50 bits per heavy atom. The molecule has 0 radical (unpaired) electrons. The lowest BCUT2D eigenvalue weighted by atomic mass is 10.1.